The molecule has 3 heteroatoms. The zero-order valence-corrected chi connectivity index (χ0v) is 10.8. The van der Waals surface area contributed by atoms with Crippen LogP contribution >= 0.6 is 0 Å². The van der Waals surface area contributed by atoms with E-state index in [9.17, 15) is 5.11 Å². The first-order valence-electron chi connectivity index (χ1n) is 6.67. The van der Waals surface area contributed by atoms with Gasteiger partial charge >= 0.3 is 0 Å². The third kappa shape index (κ3) is 4.81. The molecule has 1 unspecified atom stereocenters. The van der Waals surface area contributed by atoms with Crippen LogP contribution in [0, 0.1) is 5.92 Å². The van der Waals surface area contributed by atoms with Gasteiger partial charge in [-0.2, -0.15) is 0 Å². The van der Waals surface area contributed by atoms with Gasteiger partial charge in [0.05, 0.1) is 12.7 Å². The summed E-state index contributed by atoms with van der Waals surface area (Å²) in [7, 11) is 1.73. The van der Waals surface area contributed by atoms with Crippen LogP contribution in [0.5, 0.6) is 0 Å². The number of ether oxygens (including phenoxy) is 1. The van der Waals surface area contributed by atoms with E-state index in [0.29, 0.717) is 5.92 Å². The Morgan fingerprint density at radius 1 is 1.31 bits per heavy atom. The van der Waals surface area contributed by atoms with Gasteiger partial charge in [-0.15, -0.1) is 0 Å². The molecule has 3 nitrogen and oxygen atoms in total. The van der Waals surface area contributed by atoms with Gasteiger partial charge in [-0.1, -0.05) is 26.2 Å². The summed E-state index contributed by atoms with van der Waals surface area (Å²) in [6.07, 6.45) is 6.23. The number of hydrogen-bond donors (Lipinski definition) is 1. The van der Waals surface area contributed by atoms with Crippen molar-refractivity contribution in [2.45, 2.75) is 45.1 Å². The highest BCUT2D eigenvalue weighted by Gasteiger charge is 2.22. The van der Waals surface area contributed by atoms with E-state index in [0.717, 1.165) is 26.2 Å². The average Bonchev–Trinajstić information content (AvgIpc) is 2.35. The molecule has 1 aliphatic rings. The predicted molar refractivity (Wildman–Crippen MR) is 66.6 cm³/mol. The molecule has 1 fully saturated rings. The largest absolute Gasteiger partial charge is 0.392 e. The van der Waals surface area contributed by atoms with Crippen molar-refractivity contribution in [3.8, 4) is 0 Å². The Morgan fingerprint density at radius 3 is 2.56 bits per heavy atom. The molecular weight excluding hydrogens is 202 g/mol. The number of methoxy groups -OCH3 is 1. The minimum Gasteiger partial charge on any atom is -0.392 e. The fraction of sp³-hybridized carbons (Fsp3) is 1.00. The SMILES string of the molecule is CCN(CCOC)CC(O)C1CCCCC1. The summed E-state index contributed by atoms with van der Waals surface area (Å²) < 4.78 is 5.08. The van der Waals surface area contributed by atoms with Gasteiger partial charge in [0.2, 0.25) is 0 Å². The molecule has 1 aliphatic carbocycles. The summed E-state index contributed by atoms with van der Waals surface area (Å²) in [5, 5.41) is 10.2. The van der Waals surface area contributed by atoms with Gasteiger partial charge in [-0.05, 0) is 25.3 Å². The van der Waals surface area contributed by atoms with Crippen molar-refractivity contribution in [1.29, 1.82) is 0 Å². The van der Waals surface area contributed by atoms with Gasteiger partial charge in [-0.25, -0.2) is 0 Å². The summed E-state index contributed by atoms with van der Waals surface area (Å²) >= 11 is 0. The van der Waals surface area contributed by atoms with Crippen LogP contribution in [0.4, 0.5) is 0 Å². The third-order valence-electron chi connectivity index (χ3n) is 3.70. The van der Waals surface area contributed by atoms with Crippen molar-refractivity contribution < 1.29 is 9.84 Å². The van der Waals surface area contributed by atoms with Crippen LogP contribution in [0.25, 0.3) is 0 Å². The Labute approximate surface area is 99.8 Å². The van der Waals surface area contributed by atoms with Crippen LogP contribution in [0.1, 0.15) is 39.0 Å². The number of likely N-dealkylation sites (N-methyl/N-ethyl adjacent to an activating group) is 1. The summed E-state index contributed by atoms with van der Waals surface area (Å²) in [5.74, 6) is 0.533. The van der Waals surface area contributed by atoms with Crippen LogP contribution in [-0.4, -0.2) is 49.5 Å². The zero-order chi connectivity index (χ0) is 11.8. The average molecular weight is 229 g/mol. The van der Waals surface area contributed by atoms with E-state index in [4.69, 9.17) is 4.74 Å². The molecule has 0 spiro atoms. The molecule has 16 heavy (non-hydrogen) atoms. The highest BCUT2D eigenvalue weighted by molar-refractivity contribution is 4.75. The molecule has 0 aromatic carbocycles. The summed E-state index contributed by atoms with van der Waals surface area (Å²) in [6, 6.07) is 0. The number of nitrogens with zero attached hydrogens (tertiary/aromatic N) is 1. The second kappa shape index (κ2) is 8.04. The van der Waals surface area contributed by atoms with Crippen molar-refractivity contribution in [2.75, 3.05) is 33.4 Å². The lowest BCUT2D eigenvalue weighted by molar-refractivity contribution is 0.0408. The number of aliphatic hydroxyl groups excluding tert-OH is 1. The normalized spacial score (nSPS) is 20.2. The van der Waals surface area contributed by atoms with Crippen LogP contribution < -0.4 is 0 Å². The topological polar surface area (TPSA) is 32.7 Å². The minimum atomic E-state index is -0.142. The summed E-state index contributed by atoms with van der Waals surface area (Å²) in [6.45, 7) is 5.63. The number of aliphatic hydroxyl groups is 1. The quantitative estimate of drug-likeness (QED) is 0.723. The maximum absolute atomic E-state index is 10.2. The zero-order valence-electron chi connectivity index (χ0n) is 10.8. The fourth-order valence-corrected chi connectivity index (χ4v) is 2.53. The maximum Gasteiger partial charge on any atom is 0.0695 e. The van der Waals surface area contributed by atoms with Gasteiger partial charge in [0.25, 0.3) is 0 Å². The molecule has 0 aliphatic heterocycles. The van der Waals surface area contributed by atoms with E-state index < -0.39 is 0 Å². The van der Waals surface area contributed by atoms with Gasteiger partial charge in [-0.3, -0.25) is 4.90 Å². The second-order valence-corrected chi connectivity index (χ2v) is 4.85. The van der Waals surface area contributed by atoms with E-state index in [1.54, 1.807) is 7.11 Å². The van der Waals surface area contributed by atoms with Crippen molar-refractivity contribution in [2.24, 2.45) is 5.92 Å². The standard InChI is InChI=1S/C13H27NO2/c1-3-14(9-10-16-2)11-13(15)12-7-5-4-6-8-12/h12-13,15H,3-11H2,1-2H3. The smallest absolute Gasteiger partial charge is 0.0695 e. The summed E-state index contributed by atoms with van der Waals surface area (Å²) in [4.78, 5) is 2.28. The first kappa shape index (κ1) is 13.9. The molecule has 96 valence electrons. The monoisotopic (exact) mass is 229 g/mol. The van der Waals surface area contributed by atoms with Crippen molar-refractivity contribution in [3.63, 3.8) is 0 Å². The number of hydrogen-bond acceptors (Lipinski definition) is 3. The van der Waals surface area contributed by atoms with Crippen LogP contribution in [0.2, 0.25) is 0 Å². The van der Waals surface area contributed by atoms with Gasteiger partial charge in [0.1, 0.15) is 0 Å². The highest BCUT2D eigenvalue weighted by atomic mass is 16.5. The van der Waals surface area contributed by atoms with Crippen LogP contribution in [0.15, 0.2) is 0 Å². The van der Waals surface area contributed by atoms with Crippen LogP contribution in [-0.2, 0) is 4.74 Å². The molecule has 0 aromatic heterocycles. The van der Waals surface area contributed by atoms with Crippen LogP contribution in [0.3, 0.4) is 0 Å². The lowest BCUT2D eigenvalue weighted by Crippen LogP contribution is -2.38. The van der Waals surface area contributed by atoms with Crippen molar-refractivity contribution in [3.05, 3.63) is 0 Å². The molecule has 1 saturated carbocycles. The molecule has 0 radical (unpaired) electrons. The van der Waals surface area contributed by atoms with E-state index in [1.807, 2.05) is 0 Å². The lowest BCUT2D eigenvalue weighted by atomic mass is 9.85. The Hall–Kier alpha value is -0.120. The first-order chi connectivity index (χ1) is 7.77. The molecule has 0 bridgehead atoms. The van der Waals surface area contributed by atoms with E-state index in [1.165, 1.54) is 32.1 Å². The van der Waals surface area contributed by atoms with E-state index >= 15 is 0 Å². The Kier molecular flexibility index (Phi) is 7.01. The third-order valence-corrected chi connectivity index (χ3v) is 3.70. The Balaban J connectivity index is 2.26. The number of rotatable bonds is 7. The minimum absolute atomic E-state index is 0.142. The Bertz CT molecular complexity index is 169. The highest BCUT2D eigenvalue weighted by Crippen LogP contribution is 2.26. The molecule has 1 rings (SSSR count). The molecule has 1 atom stereocenters. The van der Waals surface area contributed by atoms with E-state index in [2.05, 4.69) is 11.8 Å². The van der Waals surface area contributed by atoms with Gasteiger partial charge < -0.3 is 9.84 Å². The lowest BCUT2D eigenvalue weighted by Gasteiger charge is -2.30. The molecular formula is C13H27NO2. The van der Waals surface area contributed by atoms with E-state index in [-0.39, 0.29) is 6.10 Å². The van der Waals surface area contributed by atoms with Gasteiger partial charge in [0, 0.05) is 20.2 Å². The molecule has 1 N–H and O–H groups in total. The van der Waals surface area contributed by atoms with Gasteiger partial charge in [0.15, 0.2) is 0 Å². The second-order valence-electron chi connectivity index (χ2n) is 4.85. The van der Waals surface area contributed by atoms with Crippen molar-refractivity contribution >= 4 is 0 Å². The molecule has 0 aromatic rings. The van der Waals surface area contributed by atoms with Crippen molar-refractivity contribution in [1.82, 2.24) is 4.90 Å². The first-order valence-corrected chi connectivity index (χ1v) is 6.67. The fourth-order valence-electron chi connectivity index (χ4n) is 2.53. The Morgan fingerprint density at radius 2 is 2.00 bits per heavy atom. The predicted octanol–water partition coefficient (Wildman–Crippen LogP) is 1.90. The molecule has 0 heterocycles. The summed E-state index contributed by atoms with van der Waals surface area (Å²) in [5.41, 5.74) is 0. The molecule has 0 amide bonds. The maximum atomic E-state index is 10.2. The molecule has 0 saturated heterocycles.